The van der Waals surface area contributed by atoms with Crippen molar-refractivity contribution in [1.29, 1.82) is 0 Å². The number of thiophene rings is 1. The lowest BCUT2D eigenvalue weighted by molar-refractivity contribution is -0.115. The monoisotopic (exact) mass is 383 g/mol. The molecule has 3 aromatic rings. The lowest BCUT2D eigenvalue weighted by atomic mass is 10.1. The molecule has 0 aromatic carbocycles. The van der Waals surface area contributed by atoms with E-state index in [1.807, 2.05) is 37.4 Å². The molecule has 2 N–H and O–H groups in total. The quantitative estimate of drug-likeness (QED) is 0.684. The van der Waals surface area contributed by atoms with E-state index in [0.717, 1.165) is 23.4 Å². The Morgan fingerprint density at radius 3 is 2.89 bits per heavy atom. The number of rotatable bonds is 6. The van der Waals surface area contributed by atoms with Crippen molar-refractivity contribution in [3.05, 3.63) is 56.3 Å². The van der Waals surface area contributed by atoms with Gasteiger partial charge in [0.15, 0.2) is 0 Å². The second-order valence-electron chi connectivity index (χ2n) is 7.09. The Balaban J connectivity index is 1.67. The third-order valence-corrected chi connectivity index (χ3v) is 5.32. The van der Waals surface area contributed by atoms with Crippen LogP contribution in [0.2, 0.25) is 0 Å². The van der Waals surface area contributed by atoms with E-state index in [9.17, 15) is 9.59 Å². The van der Waals surface area contributed by atoms with Crippen LogP contribution in [0.3, 0.4) is 0 Å². The van der Waals surface area contributed by atoms with Gasteiger partial charge in [-0.2, -0.15) is 9.78 Å². The van der Waals surface area contributed by atoms with Crippen molar-refractivity contribution in [2.45, 2.75) is 44.9 Å². The summed E-state index contributed by atoms with van der Waals surface area (Å²) in [5.41, 5.74) is 1.37. The van der Waals surface area contributed by atoms with Crippen LogP contribution in [0.4, 0.5) is 5.82 Å². The van der Waals surface area contributed by atoms with E-state index in [0.29, 0.717) is 29.8 Å². The van der Waals surface area contributed by atoms with Crippen molar-refractivity contribution in [1.82, 2.24) is 19.7 Å². The van der Waals surface area contributed by atoms with Gasteiger partial charge in [0.1, 0.15) is 5.82 Å². The molecule has 140 valence electrons. The van der Waals surface area contributed by atoms with E-state index in [-0.39, 0.29) is 17.4 Å². The first-order valence-electron chi connectivity index (χ1n) is 9.03. The van der Waals surface area contributed by atoms with Crippen LogP contribution >= 0.6 is 11.3 Å². The first-order valence-corrected chi connectivity index (χ1v) is 9.91. The average molecular weight is 383 g/mol. The number of carbonyl (C=O) groups is 1. The molecule has 0 atom stereocenters. The molecule has 1 saturated carbocycles. The summed E-state index contributed by atoms with van der Waals surface area (Å²) < 4.78 is 1.53. The van der Waals surface area contributed by atoms with Crippen molar-refractivity contribution in [2.24, 2.45) is 0 Å². The largest absolute Gasteiger partial charge is 0.310 e. The summed E-state index contributed by atoms with van der Waals surface area (Å²) in [5, 5.41) is 9.48. The van der Waals surface area contributed by atoms with E-state index in [1.165, 1.54) is 10.7 Å². The molecule has 4 rings (SSSR count). The van der Waals surface area contributed by atoms with Crippen molar-refractivity contribution in [3.63, 3.8) is 0 Å². The van der Waals surface area contributed by atoms with E-state index in [4.69, 9.17) is 0 Å². The molecule has 3 aromatic heterocycles. The predicted molar refractivity (Wildman–Crippen MR) is 105 cm³/mol. The summed E-state index contributed by atoms with van der Waals surface area (Å²) in [6, 6.07) is 7.23. The summed E-state index contributed by atoms with van der Waals surface area (Å²) in [6.07, 6.45) is 2.49. The van der Waals surface area contributed by atoms with Gasteiger partial charge in [0, 0.05) is 22.9 Å². The van der Waals surface area contributed by atoms with Crippen LogP contribution in [0.1, 0.15) is 54.8 Å². The number of nitrogens with zero attached hydrogens (tertiary/aromatic N) is 3. The fourth-order valence-electron chi connectivity index (χ4n) is 2.85. The number of hydrogen-bond donors (Lipinski definition) is 2. The van der Waals surface area contributed by atoms with E-state index in [1.54, 1.807) is 11.3 Å². The van der Waals surface area contributed by atoms with Crippen LogP contribution in [-0.4, -0.2) is 25.7 Å². The van der Waals surface area contributed by atoms with Gasteiger partial charge in [-0.05, 0) is 30.2 Å². The maximum absolute atomic E-state index is 12.5. The fourth-order valence-corrected chi connectivity index (χ4v) is 3.55. The van der Waals surface area contributed by atoms with Gasteiger partial charge in [0.25, 0.3) is 5.56 Å². The smallest absolute Gasteiger partial charge is 0.252 e. The molecular weight excluding hydrogens is 362 g/mol. The first kappa shape index (κ1) is 17.7. The third kappa shape index (κ3) is 4.00. The highest BCUT2D eigenvalue weighted by molar-refractivity contribution is 7.10. The molecule has 1 amide bonds. The predicted octanol–water partition coefficient (Wildman–Crippen LogP) is 3.20. The number of carbonyl (C=O) groups excluding carboxylic acids is 1. The Bertz CT molecular complexity index is 1020. The maximum atomic E-state index is 12.5. The molecule has 0 unspecified atom stereocenters. The Labute approximate surface area is 160 Å². The van der Waals surface area contributed by atoms with Crippen LogP contribution in [-0.2, 0) is 11.2 Å². The Kier molecular flexibility index (Phi) is 4.65. The van der Waals surface area contributed by atoms with Crippen LogP contribution in [0.15, 0.2) is 34.4 Å². The van der Waals surface area contributed by atoms with Crippen LogP contribution in [0, 0.1) is 0 Å². The minimum Gasteiger partial charge on any atom is -0.310 e. The third-order valence-electron chi connectivity index (χ3n) is 4.45. The zero-order valence-electron chi connectivity index (χ0n) is 15.2. The zero-order chi connectivity index (χ0) is 19.0. The molecule has 8 heteroatoms. The van der Waals surface area contributed by atoms with Gasteiger partial charge in [-0.3, -0.25) is 14.6 Å². The fraction of sp³-hybridized carbons (Fsp3) is 0.368. The summed E-state index contributed by atoms with van der Waals surface area (Å²) >= 11 is 1.55. The minimum absolute atomic E-state index is 0.112. The number of anilines is 1. The average Bonchev–Trinajstić information content (AvgIpc) is 3.19. The normalized spacial score (nSPS) is 13.9. The van der Waals surface area contributed by atoms with Gasteiger partial charge < -0.3 is 5.32 Å². The maximum Gasteiger partial charge on any atom is 0.252 e. The molecule has 1 fully saturated rings. The highest BCUT2D eigenvalue weighted by Gasteiger charge is 2.28. The Morgan fingerprint density at radius 1 is 1.41 bits per heavy atom. The van der Waals surface area contributed by atoms with Gasteiger partial charge in [-0.25, -0.2) is 4.98 Å². The number of H-pyrrole nitrogens is 1. The number of hydrogen-bond acceptors (Lipinski definition) is 5. The highest BCUT2D eigenvalue weighted by Crippen LogP contribution is 2.40. The van der Waals surface area contributed by atoms with Crippen molar-refractivity contribution in [3.8, 4) is 5.95 Å². The molecule has 27 heavy (non-hydrogen) atoms. The molecule has 0 radical (unpaired) electrons. The number of aromatic nitrogens is 4. The standard InChI is InChI=1S/C19H21N5O2S/c1-11(2)14-10-18(26)22-19(20-14)24-16(9-15(23-24)12-5-6-12)21-17(25)8-13-4-3-7-27-13/h3-4,7,9-12H,5-6,8H2,1-2H3,(H,21,25)(H,20,22,26). The van der Waals surface area contributed by atoms with E-state index < -0.39 is 0 Å². The molecule has 0 spiro atoms. The topological polar surface area (TPSA) is 92.7 Å². The van der Waals surface area contributed by atoms with Crippen LogP contribution in [0.25, 0.3) is 5.95 Å². The molecule has 0 saturated heterocycles. The molecule has 3 heterocycles. The lowest BCUT2D eigenvalue weighted by Crippen LogP contribution is -2.20. The van der Waals surface area contributed by atoms with Crippen molar-refractivity contribution >= 4 is 23.1 Å². The summed E-state index contributed by atoms with van der Waals surface area (Å²) in [7, 11) is 0. The molecule has 0 aliphatic heterocycles. The zero-order valence-corrected chi connectivity index (χ0v) is 16.0. The van der Waals surface area contributed by atoms with Crippen molar-refractivity contribution < 1.29 is 4.79 Å². The van der Waals surface area contributed by atoms with Crippen molar-refractivity contribution in [2.75, 3.05) is 5.32 Å². The first-order chi connectivity index (χ1) is 13.0. The second kappa shape index (κ2) is 7.11. The van der Waals surface area contributed by atoms with Crippen LogP contribution < -0.4 is 10.9 Å². The minimum atomic E-state index is -0.233. The lowest BCUT2D eigenvalue weighted by Gasteiger charge is -2.10. The van der Waals surface area contributed by atoms with Gasteiger partial charge in [-0.15, -0.1) is 11.3 Å². The molecule has 1 aliphatic carbocycles. The summed E-state index contributed by atoms with van der Waals surface area (Å²) in [6.45, 7) is 3.96. The number of nitrogens with one attached hydrogen (secondary N) is 2. The van der Waals surface area contributed by atoms with Gasteiger partial charge in [0.05, 0.1) is 17.8 Å². The highest BCUT2D eigenvalue weighted by atomic mass is 32.1. The van der Waals surface area contributed by atoms with Gasteiger partial charge in [-0.1, -0.05) is 19.9 Å². The molecule has 7 nitrogen and oxygen atoms in total. The van der Waals surface area contributed by atoms with Crippen LogP contribution in [0.5, 0.6) is 0 Å². The molecular formula is C19H21N5O2S. The van der Waals surface area contributed by atoms with Gasteiger partial charge >= 0.3 is 0 Å². The Hall–Kier alpha value is -2.74. The van der Waals surface area contributed by atoms with E-state index >= 15 is 0 Å². The second-order valence-corrected chi connectivity index (χ2v) is 8.13. The Morgan fingerprint density at radius 2 is 2.22 bits per heavy atom. The summed E-state index contributed by atoms with van der Waals surface area (Å²) in [4.78, 5) is 32.8. The number of aromatic amines is 1. The molecule has 1 aliphatic rings. The SMILES string of the molecule is CC(C)c1cc(=O)[nH]c(-n2nc(C3CC3)cc2NC(=O)Cc2cccs2)n1. The molecule has 0 bridgehead atoms. The number of amides is 1. The van der Waals surface area contributed by atoms with E-state index in [2.05, 4.69) is 20.4 Å². The summed E-state index contributed by atoms with van der Waals surface area (Å²) in [5.74, 6) is 1.26. The van der Waals surface area contributed by atoms with Gasteiger partial charge in [0.2, 0.25) is 11.9 Å².